The number of hydrogen-bond donors (Lipinski definition) is 3. The van der Waals surface area contributed by atoms with Gasteiger partial charge < -0.3 is 15.3 Å². The molecule has 4 aromatic rings. The van der Waals surface area contributed by atoms with Gasteiger partial charge >= 0.3 is 0 Å². The van der Waals surface area contributed by atoms with Crippen molar-refractivity contribution >= 4 is 0 Å². The summed E-state index contributed by atoms with van der Waals surface area (Å²) < 4.78 is 0. The van der Waals surface area contributed by atoms with Gasteiger partial charge in [0.15, 0.2) is 17.5 Å². The number of aromatic hydroxyl groups is 3. The van der Waals surface area contributed by atoms with E-state index < -0.39 is 0 Å². The molecule has 0 saturated carbocycles. The van der Waals surface area contributed by atoms with Crippen LogP contribution in [0.5, 0.6) is 17.2 Å². The summed E-state index contributed by atoms with van der Waals surface area (Å²) in [5.74, 6) is 0.960. The van der Waals surface area contributed by atoms with Crippen LogP contribution in [0.2, 0.25) is 0 Å². The first-order valence-electron chi connectivity index (χ1n) is 9.49. The fourth-order valence-electron chi connectivity index (χ4n) is 3.26. The van der Waals surface area contributed by atoms with Crippen molar-refractivity contribution in [2.75, 3.05) is 0 Å². The Hall–Kier alpha value is -3.93. The first kappa shape index (κ1) is 19.4. The fourth-order valence-corrected chi connectivity index (χ4v) is 3.26. The molecule has 3 aromatic carbocycles. The molecule has 30 heavy (non-hydrogen) atoms. The lowest BCUT2D eigenvalue weighted by atomic mass is 10.1. The van der Waals surface area contributed by atoms with E-state index in [-0.39, 0.29) is 34.7 Å². The molecule has 0 saturated heterocycles. The van der Waals surface area contributed by atoms with E-state index >= 15 is 0 Å². The molecule has 0 atom stereocenters. The van der Waals surface area contributed by atoms with Crippen molar-refractivity contribution in [2.24, 2.45) is 0 Å². The van der Waals surface area contributed by atoms with Gasteiger partial charge in [-0.25, -0.2) is 15.0 Å². The zero-order chi connectivity index (χ0) is 21.4. The SMILES string of the molecule is Cc1cccc(-c2nc(-c3cccc(C)c3O)nc(-c3cccc(C)c3O)n2)c1O. The zero-order valence-electron chi connectivity index (χ0n) is 16.9. The molecule has 0 spiro atoms. The van der Waals surface area contributed by atoms with E-state index in [0.717, 1.165) is 0 Å². The van der Waals surface area contributed by atoms with Crippen molar-refractivity contribution in [1.29, 1.82) is 0 Å². The number of rotatable bonds is 3. The van der Waals surface area contributed by atoms with Crippen LogP contribution < -0.4 is 0 Å². The topological polar surface area (TPSA) is 99.4 Å². The normalized spacial score (nSPS) is 10.9. The minimum atomic E-state index is 0.0718. The average Bonchev–Trinajstić information content (AvgIpc) is 2.73. The van der Waals surface area contributed by atoms with Crippen LogP contribution in [0.1, 0.15) is 16.7 Å². The molecule has 0 aliphatic rings. The van der Waals surface area contributed by atoms with E-state index in [1.54, 1.807) is 57.2 Å². The third kappa shape index (κ3) is 3.33. The fraction of sp³-hybridized carbons (Fsp3) is 0.125. The highest BCUT2D eigenvalue weighted by Gasteiger charge is 2.19. The van der Waals surface area contributed by atoms with Crippen molar-refractivity contribution < 1.29 is 15.3 Å². The van der Waals surface area contributed by atoms with E-state index in [9.17, 15) is 15.3 Å². The Morgan fingerprint density at radius 2 is 0.733 bits per heavy atom. The first-order chi connectivity index (χ1) is 14.4. The van der Waals surface area contributed by atoms with E-state index in [1.807, 2.05) is 18.2 Å². The van der Waals surface area contributed by atoms with Gasteiger partial charge in [-0.1, -0.05) is 36.4 Å². The minimum absolute atomic E-state index is 0.0718. The van der Waals surface area contributed by atoms with Gasteiger partial charge in [-0.05, 0) is 55.7 Å². The van der Waals surface area contributed by atoms with Gasteiger partial charge in [0.1, 0.15) is 17.2 Å². The molecular weight excluding hydrogens is 378 g/mol. The smallest absolute Gasteiger partial charge is 0.167 e. The second kappa shape index (κ2) is 7.48. The summed E-state index contributed by atoms with van der Waals surface area (Å²) in [4.78, 5) is 13.6. The summed E-state index contributed by atoms with van der Waals surface area (Å²) in [6.07, 6.45) is 0. The van der Waals surface area contributed by atoms with E-state index in [0.29, 0.717) is 33.4 Å². The molecule has 0 radical (unpaired) electrons. The summed E-state index contributed by atoms with van der Waals surface area (Å²) in [5.41, 5.74) is 3.39. The summed E-state index contributed by atoms with van der Waals surface area (Å²) in [5, 5.41) is 31.7. The Bertz CT molecular complexity index is 1100. The molecular formula is C24H21N3O3. The van der Waals surface area contributed by atoms with Crippen molar-refractivity contribution in [3.8, 4) is 51.4 Å². The molecule has 1 aromatic heterocycles. The van der Waals surface area contributed by atoms with Gasteiger partial charge in [-0.2, -0.15) is 0 Å². The monoisotopic (exact) mass is 399 g/mol. The highest BCUT2D eigenvalue weighted by molar-refractivity contribution is 5.75. The molecule has 0 aliphatic carbocycles. The number of benzene rings is 3. The third-order valence-corrected chi connectivity index (χ3v) is 5.07. The zero-order valence-corrected chi connectivity index (χ0v) is 16.9. The van der Waals surface area contributed by atoms with Gasteiger partial charge in [-0.3, -0.25) is 0 Å². The summed E-state index contributed by atoms with van der Waals surface area (Å²) in [6, 6.07) is 16.0. The highest BCUT2D eigenvalue weighted by Crippen LogP contribution is 2.36. The maximum Gasteiger partial charge on any atom is 0.167 e. The second-order valence-electron chi connectivity index (χ2n) is 7.22. The Balaban J connectivity index is 2.03. The lowest BCUT2D eigenvalue weighted by Gasteiger charge is -2.12. The molecule has 0 fully saturated rings. The quantitative estimate of drug-likeness (QED) is 0.452. The Morgan fingerprint density at radius 3 is 1.00 bits per heavy atom. The van der Waals surface area contributed by atoms with Crippen LogP contribution in [0, 0.1) is 20.8 Å². The van der Waals surface area contributed by atoms with Crippen LogP contribution in [0.4, 0.5) is 0 Å². The Morgan fingerprint density at radius 1 is 0.467 bits per heavy atom. The van der Waals surface area contributed by atoms with Gasteiger partial charge in [0.2, 0.25) is 0 Å². The number of phenolic OH excluding ortho intramolecular Hbond substituents is 3. The van der Waals surface area contributed by atoms with E-state index in [1.165, 1.54) is 0 Å². The molecule has 6 nitrogen and oxygen atoms in total. The maximum absolute atomic E-state index is 10.6. The third-order valence-electron chi connectivity index (χ3n) is 5.07. The van der Waals surface area contributed by atoms with Crippen molar-refractivity contribution in [3.63, 3.8) is 0 Å². The predicted octanol–water partition coefficient (Wildman–Crippen LogP) is 4.91. The second-order valence-corrected chi connectivity index (χ2v) is 7.22. The molecule has 4 rings (SSSR count). The van der Waals surface area contributed by atoms with Crippen LogP contribution in [0.15, 0.2) is 54.6 Å². The Labute approximate surface area is 174 Å². The first-order valence-corrected chi connectivity index (χ1v) is 9.49. The van der Waals surface area contributed by atoms with E-state index in [2.05, 4.69) is 15.0 Å². The Kier molecular flexibility index (Phi) is 4.83. The number of para-hydroxylation sites is 3. The number of nitrogens with zero attached hydrogens (tertiary/aromatic N) is 3. The maximum atomic E-state index is 10.6. The molecule has 0 amide bonds. The van der Waals surface area contributed by atoms with Gasteiger partial charge in [0.05, 0.1) is 16.7 Å². The average molecular weight is 399 g/mol. The summed E-state index contributed by atoms with van der Waals surface area (Å²) >= 11 is 0. The lowest BCUT2D eigenvalue weighted by Crippen LogP contribution is -2.01. The largest absolute Gasteiger partial charge is 0.507 e. The van der Waals surface area contributed by atoms with Gasteiger partial charge in [0.25, 0.3) is 0 Å². The van der Waals surface area contributed by atoms with E-state index in [4.69, 9.17) is 0 Å². The molecule has 6 heteroatoms. The number of phenols is 3. The standard InChI is InChI=1S/C24H21N3O3/c1-13-7-4-10-16(19(13)28)22-25-23(17-11-5-8-14(2)20(17)29)27-24(26-22)18-12-6-9-15(3)21(18)30/h4-12,28-30H,1-3H3. The van der Waals surface area contributed by atoms with Gasteiger partial charge in [0, 0.05) is 0 Å². The van der Waals surface area contributed by atoms with Crippen molar-refractivity contribution in [2.45, 2.75) is 20.8 Å². The number of hydrogen-bond acceptors (Lipinski definition) is 6. The van der Waals surface area contributed by atoms with Crippen LogP contribution in [0.3, 0.4) is 0 Å². The van der Waals surface area contributed by atoms with Gasteiger partial charge in [-0.15, -0.1) is 0 Å². The minimum Gasteiger partial charge on any atom is -0.507 e. The van der Waals surface area contributed by atoms with Crippen molar-refractivity contribution in [1.82, 2.24) is 15.0 Å². The van der Waals surface area contributed by atoms with Crippen LogP contribution in [-0.2, 0) is 0 Å². The molecule has 150 valence electrons. The van der Waals surface area contributed by atoms with Crippen LogP contribution in [0.25, 0.3) is 34.2 Å². The van der Waals surface area contributed by atoms with Crippen LogP contribution >= 0.6 is 0 Å². The molecule has 0 aliphatic heterocycles. The molecule has 0 bridgehead atoms. The molecule has 0 unspecified atom stereocenters. The van der Waals surface area contributed by atoms with Crippen molar-refractivity contribution in [3.05, 3.63) is 71.3 Å². The number of aryl methyl sites for hydroxylation is 3. The lowest BCUT2D eigenvalue weighted by molar-refractivity contribution is 0.472. The van der Waals surface area contributed by atoms with Crippen LogP contribution in [-0.4, -0.2) is 30.3 Å². The number of aromatic nitrogens is 3. The molecule has 1 heterocycles. The predicted molar refractivity (Wildman–Crippen MR) is 115 cm³/mol. The molecule has 3 N–H and O–H groups in total. The highest BCUT2D eigenvalue weighted by atomic mass is 16.3. The summed E-state index contributed by atoms with van der Waals surface area (Å²) in [7, 11) is 0. The summed E-state index contributed by atoms with van der Waals surface area (Å²) in [6.45, 7) is 5.38.